The lowest BCUT2D eigenvalue weighted by Crippen LogP contribution is -2.38. The molecule has 0 saturated carbocycles. The zero-order chi connectivity index (χ0) is 16.2. The molecule has 0 aromatic heterocycles. The average molecular weight is 441 g/mol. The standard InChI is InChI=1S/C18H19Br2NO2/c19-15-5-6-18(17(20)9-15)23-12-16(22)11-21-8-7-13-3-1-2-4-14(13)10-21/h1-6,9,16,22H,7-8,10-12H2. The summed E-state index contributed by atoms with van der Waals surface area (Å²) in [4.78, 5) is 2.28. The zero-order valence-electron chi connectivity index (χ0n) is 12.7. The lowest BCUT2D eigenvalue weighted by molar-refractivity contribution is 0.0635. The Morgan fingerprint density at radius 2 is 1.91 bits per heavy atom. The molecule has 1 heterocycles. The van der Waals surface area contributed by atoms with Gasteiger partial charge in [0.15, 0.2) is 0 Å². The van der Waals surface area contributed by atoms with E-state index in [4.69, 9.17) is 4.74 Å². The molecule has 122 valence electrons. The van der Waals surface area contributed by atoms with Gasteiger partial charge in [-0.05, 0) is 51.7 Å². The Balaban J connectivity index is 1.51. The zero-order valence-corrected chi connectivity index (χ0v) is 15.9. The topological polar surface area (TPSA) is 32.7 Å². The summed E-state index contributed by atoms with van der Waals surface area (Å²) in [5.41, 5.74) is 2.79. The van der Waals surface area contributed by atoms with Gasteiger partial charge < -0.3 is 9.84 Å². The maximum atomic E-state index is 10.3. The van der Waals surface area contributed by atoms with E-state index < -0.39 is 6.10 Å². The number of ether oxygens (including phenoxy) is 1. The number of rotatable bonds is 5. The minimum absolute atomic E-state index is 0.290. The first-order valence-corrected chi connectivity index (χ1v) is 9.25. The summed E-state index contributed by atoms with van der Waals surface area (Å²) in [6.07, 6.45) is 0.540. The van der Waals surface area contributed by atoms with E-state index in [1.165, 1.54) is 11.1 Å². The second-order valence-corrected chi connectivity index (χ2v) is 7.56. The minimum atomic E-state index is -0.504. The predicted molar refractivity (Wildman–Crippen MR) is 98.8 cm³/mol. The van der Waals surface area contributed by atoms with E-state index in [0.29, 0.717) is 13.2 Å². The second-order valence-electron chi connectivity index (χ2n) is 5.79. The van der Waals surface area contributed by atoms with Gasteiger partial charge in [-0.1, -0.05) is 40.2 Å². The maximum Gasteiger partial charge on any atom is 0.133 e. The first-order chi connectivity index (χ1) is 11.1. The summed E-state index contributed by atoms with van der Waals surface area (Å²) in [6.45, 7) is 2.80. The number of hydrogen-bond donors (Lipinski definition) is 1. The fourth-order valence-corrected chi connectivity index (χ4v) is 4.00. The molecular weight excluding hydrogens is 422 g/mol. The SMILES string of the molecule is OC(COc1ccc(Br)cc1Br)CN1CCc2ccccc2C1. The largest absolute Gasteiger partial charge is 0.490 e. The van der Waals surface area contributed by atoms with Crippen molar-refractivity contribution in [1.29, 1.82) is 0 Å². The van der Waals surface area contributed by atoms with Gasteiger partial charge >= 0.3 is 0 Å². The molecule has 0 radical (unpaired) electrons. The van der Waals surface area contributed by atoms with Crippen molar-refractivity contribution in [2.45, 2.75) is 19.1 Å². The molecule has 0 bridgehead atoms. The van der Waals surface area contributed by atoms with Crippen molar-refractivity contribution in [3.05, 3.63) is 62.5 Å². The lowest BCUT2D eigenvalue weighted by atomic mass is 10.00. The van der Waals surface area contributed by atoms with E-state index in [2.05, 4.69) is 61.0 Å². The van der Waals surface area contributed by atoms with Crippen LogP contribution in [0.2, 0.25) is 0 Å². The van der Waals surface area contributed by atoms with E-state index in [1.807, 2.05) is 18.2 Å². The summed E-state index contributed by atoms with van der Waals surface area (Å²) < 4.78 is 7.59. The molecule has 3 nitrogen and oxygen atoms in total. The van der Waals surface area contributed by atoms with Crippen LogP contribution in [0.5, 0.6) is 5.75 Å². The summed E-state index contributed by atoms with van der Waals surface area (Å²) in [5.74, 6) is 0.747. The number of aliphatic hydroxyl groups excluding tert-OH is 1. The van der Waals surface area contributed by atoms with Gasteiger partial charge in [0.2, 0.25) is 0 Å². The van der Waals surface area contributed by atoms with Crippen molar-refractivity contribution < 1.29 is 9.84 Å². The Labute approximate surface area is 153 Å². The number of nitrogens with zero attached hydrogens (tertiary/aromatic N) is 1. The van der Waals surface area contributed by atoms with Crippen LogP contribution in [0.4, 0.5) is 0 Å². The molecule has 23 heavy (non-hydrogen) atoms. The van der Waals surface area contributed by atoms with Crippen molar-refractivity contribution in [3.8, 4) is 5.75 Å². The average Bonchev–Trinajstić information content (AvgIpc) is 2.54. The van der Waals surface area contributed by atoms with E-state index in [1.54, 1.807) is 0 Å². The highest BCUT2D eigenvalue weighted by Crippen LogP contribution is 2.28. The lowest BCUT2D eigenvalue weighted by Gasteiger charge is -2.30. The third-order valence-corrected chi connectivity index (χ3v) is 5.12. The van der Waals surface area contributed by atoms with Crippen molar-refractivity contribution in [2.24, 2.45) is 0 Å². The molecule has 2 aromatic carbocycles. The first kappa shape index (κ1) is 17.0. The Morgan fingerprint density at radius 3 is 2.70 bits per heavy atom. The van der Waals surface area contributed by atoms with E-state index in [0.717, 1.165) is 34.2 Å². The number of fused-ring (bicyclic) bond motifs is 1. The van der Waals surface area contributed by atoms with Crippen LogP contribution in [0.15, 0.2) is 51.4 Å². The van der Waals surface area contributed by atoms with Crippen molar-refractivity contribution in [2.75, 3.05) is 19.7 Å². The van der Waals surface area contributed by atoms with Crippen LogP contribution in [0.1, 0.15) is 11.1 Å². The molecule has 1 atom stereocenters. The van der Waals surface area contributed by atoms with Gasteiger partial charge in [0, 0.05) is 24.1 Å². The molecule has 1 unspecified atom stereocenters. The van der Waals surface area contributed by atoms with Gasteiger partial charge in [0.25, 0.3) is 0 Å². The highest BCUT2D eigenvalue weighted by atomic mass is 79.9. The highest BCUT2D eigenvalue weighted by Gasteiger charge is 2.18. The molecule has 0 spiro atoms. The normalized spacial score (nSPS) is 16.0. The molecular formula is C18H19Br2NO2. The third kappa shape index (κ3) is 4.57. The highest BCUT2D eigenvalue weighted by molar-refractivity contribution is 9.11. The van der Waals surface area contributed by atoms with E-state index in [9.17, 15) is 5.11 Å². The maximum absolute atomic E-state index is 10.3. The van der Waals surface area contributed by atoms with Gasteiger partial charge in [-0.15, -0.1) is 0 Å². The Hall–Kier alpha value is -0.880. The van der Waals surface area contributed by atoms with Gasteiger partial charge in [-0.2, -0.15) is 0 Å². The van der Waals surface area contributed by atoms with E-state index in [-0.39, 0.29) is 0 Å². The van der Waals surface area contributed by atoms with Gasteiger partial charge in [-0.3, -0.25) is 4.90 Å². The summed E-state index contributed by atoms with van der Waals surface area (Å²) in [6, 6.07) is 14.3. The molecule has 5 heteroatoms. The molecule has 1 aliphatic rings. The molecule has 1 aliphatic heterocycles. The van der Waals surface area contributed by atoms with Crippen LogP contribution in [0, 0.1) is 0 Å². The Kier molecular flexibility index (Phi) is 5.75. The van der Waals surface area contributed by atoms with Crippen molar-refractivity contribution >= 4 is 31.9 Å². The smallest absolute Gasteiger partial charge is 0.133 e. The molecule has 0 amide bonds. The van der Waals surface area contributed by atoms with E-state index >= 15 is 0 Å². The summed E-state index contributed by atoms with van der Waals surface area (Å²) >= 11 is 6.88. The van der Waals surface area contributed by atoms with Crippen LogP contribution in [0.3, 0.4) is 0 Å². The van der Waals surface area contributed by atoms with Crippen LogP contribution in [0.25, 0.3) is 0 Å². The fourth-order valence-electron chi connectivity index (χ4n) is 2.84. The first-order valence-electron chi connectivity index (χ1n) is 7.67. The number of aliphatic hydroxyl groups is 1. The molecule has 0 aliphatic carbocycles. The van der Waals surface area contributed by atoms with Gasteiger partial charge in [0.05, 0.1) is 4.47 Å². The predicted octanol–water partition coefficient (Wildman–Crippen LogP) is 4.01. The fraction of sp³-hybridized carbons (Fsp3) is 0.333. The Bertz CT molecular complexity index is 678. The summed E-state index contributed by atoms with van der Waals surface area (Å²) in [7, 11) is 0. The number of benzene rings is 2. The van der Waals surface area contributed by atoms with Gasteiger partial charge in [0.1, 0.15) is 18.5 Å². The van der Waals surface area contributed by atoms with Crippen LogP contribution >= 0.6 is 31.9 Å². The molecule has 2 aromatic rings. The number of halogens is 2. The minimum Gasteiger partial charge on any atom is -0.490 e. The monoisotopic (exact) mass is 439 g/mol. The van der Waals surface area contributed by atoms with Crippen LogP contribution in [-0.4, -0.2) is 35.8 Å². The van der Waals surface area contributed by atoms with Gasteiger partial charge in [-0.25, -0.2) is 0 Å². The molecule has 0 saturated heterocycles. The number of hydrogen-bond acceptors (Lipinski definition) is 3. The van der Waals surface area contributed by atoms with Crippen molar-refractivity contribution in [3.63, 3.8) is 0 Å². The third-order valence-electron chi connectivity index (χ3n) is 4.00. The molecule has 3 rings (SSSR count). The van der Waals surface area contributed by atoms with Crippen LogP contribution in [-0.2, 0) is 13.0 Å². The molecule has 1 N–H and O–H groups in total. The quantitative estimate of drug-likeness (QED) is 0.762. The van der Waals surface area contributed by atoms with Crippen molar-refractivity contribution in [1.82, 2.24) is 4.90 Å². The number of β-amino-alcohol motifs (C(OH)–C–C–N with tert-alkyl or cyclic N) is 1. The summed E-state index contributed by atoms with van der Waals surface area (Å²) in [5, 5.41) is 10.3. The van der Waals surface area contributed by atoms with Crippen LogP contribution < -0.4 is 4.74 Å². The molecule has 0 fully saturated rings. The Morgan fingerprint density at radius 1 is 1.13 bits per heavy atom. The second kappa shape index (κ2) is 7.79.